The van der Waals surface area contributed by atoms with Gasteiger partial charge >= 0.3 is 0 Å². The van der Waals surface area contributed by atoms with Crippen molar-refractivity contribution in [2.45, 2.75) is 25.7 Å². The summed E-state index contributed by atoms with van der Waals surface area (Å²) in [5.41, 5.74) is 3.59. The Hall–Kier alpha value is -3.22. The van der Waals surface area contributed by atoms with Gasteiger partial charge in [-0.15, -0.1) is 0 Å². The second-order valence-electron chi connectivity index (χ2n) is 7.04. The number of likely N-dealkylation sites (tertiary alicyclic amines) is 1. The second-order valence-corrected chi connectivity index (χ2v) is 7.04. The fraction of sp³-hybridized carbons (Fsp3) is 0.300. The molecule has 7 heteroatoms. The fourth-order valence-electron chi connectivity index (χ4n) is 3.63. The van der Waals surface area contributed by atoms with Crippen LogP contribution in [0.1, 0.15) is 40.5 Å². The molecule has 2 heterocycles. The lowest BCUT2D eigenvalue weighted by Gasteiger charge is -2.32. The van der Waals surface area contributed by atoms with Crippen molar-refractivity contribution >= 4 is 22.6 Å². The maximum atomic E-state index is 12.8. The molecule has 0 bridgehead atoms. The molecule has 1 aliphatic rings. The second kappa shape index (κ2) is 6.83. The number of carbonyl (C=O) groups is 1. The minimum atomic E-state index is -0.464. The van der Waals surface area contributed by atoms with Gasteiger partial charge < -0.3 is 9.88 Å². The van der Waals surface area contributed by atoms with E-state index in [2.05, 4.69) is 11.1 Å². The minimum absolute atomic E-state index is 0.0133. The van der Waals surface area contributed by atoms with Gasteiger partial charge in [0.1, 0.15) is 5.82 Å². The number of carbonyl (C=O) groups excluding carboxylic acids is 1. The molecule has 3 aromatic rings. The van der Waals surface area contributed by atoms with Crippen molar-refractivity contribution < 1.29 is 9.72 Å². The number of fused-ring (bicyclic) bond motifs is 1. The molecule has 1 N–H and O–H groups in total. The van der Waals surface area contributed by atoms with Crippen LogP contribution in [-0.2, 0) is 0 Å². The number of rotatable bonds is 3. The Morgan fingerprint density at radius 1 is 1.26 bits per heavy atom. The smallest absolute Gasteiger partial charge is 0.269 e. The van der Waals surface area contributed by atoms with Crippen LogP contribution in [0.3, 0.4) is 0 Å². The number of benzene rings is 2. The summed E-state index contributed by atoms with van der Waals surface area (Å²) < 4.78 is 0. The van der Waals surface area contributed by atoms with Crippen molar-refractivity contribution in [2.24, 2.45) is 0 Å². The molecule has 1 atom stereocenters. The number of aryl methyl sites for hydroxylation is 1. The van der Waals surface area contributed by atoms with E-state index >= 15 is 0 Å². The lowest BCUT2D eigenvalue weighted by molar-refractivity contribution is -0.384. The van der Waals surface area contributed by atoms with Crippen LogP contribution in [0.25, 0.3) is 11.0 Å². The Bertz CT molecular complexity index is 1010. The maximum absolute atomic E-state index is 12.8. The zero-order valence-electron chi connectivity index (χ0n) is 15.0. The first-order valence-electron chi connectivity index (χ1n) is 9.01. The van der Waals surface area contributed by atoms with E-state index < -0.39 is 4.92 Å². The Balaban J connectivity index is 1.52. The summed E-state index contributed by atoms with van der Waals surface area (Å²) in [5.74, 6) is 0.979. The van der Waals surface area contributed by atoms with Gasteiger partial charge in [-0.25, -0.2) is 4.98 Å². The summed E-state index contributed by atoms with van der Waals surface area (Å²) in [7, 11) is 0. The highest BCUT2D eigenvalue weighted by atomic mass is 16.6. The van der Waals surface area contributed by atoms with Gasteiger partial charge in [0, 0.05) is 36.7 Å². The summed E-state index contributed by atoms with van der Waals surface area (Å²) in [5, 5.41) is 10.8. The van der Waals surface area contributed by atoms with E-state index in [-0.39, 0.29) is 17.5 Å². The number of nitrogens with zero attached hydrogens (tertiary/aromatic N) is 3. The minimum Gasteiger partial charge on any atom is -0.342 e. The predicted molar refractivity (Wildman–Crippen MR) is 102 cm³/mol. The predicted octanol–water partition coefficient (Wildman–Crippen LogP) is 3.80. The Kier molecular flexibility index (Phi) is 4.35. The molecule has 4 rings (SSSR count). The Labute approximate surface area is 156 Å². The number of hydrogen-bond acceptors (Lipinski definition) is 4. The van der Waals surface area contributed by atoms with Gasteiger partial charge in [-0.3, -0.25) is 14.9 Å². The maximum Gasteiger partial charge on any atom is 0.269 e. The largest absolute Gasteiger partial charge is 0.342 e. The van der Waals surface area contributed by atoms with Crippen LogP contribution in [0.2, 0.25) is 0 Å². The summed E-state index contributed by atoms with van der Waals surface area (Å²) in [6, 6.07) is 11.9. The summed E-state index contributed by atoms with van der Waals surface area (Å²) in [6.45, 7) is 3.32. The van der Waals surface area contributed by atoms with Crippen LogP contribution in [0.5, 0.6) is 0 Å². The highest BCUT2D eigenvalue weighted by molar-refractivity contribution is 5.94. The van der Waals surface area contributed by atoms with Gasteiger partial charge in [0.05, 0.1) is 16.0 Å². The van der Waals surface area contributed by atoms with Crippen LogP contribution in [0.4, 0.5) is 5.69 Å². The average molecular weight is 364 g/mol. The molecule has 1 amide bonds. The number of piperidine rings is 1. The van der Waals surface area contributed by atoms with Crippen molar-refractivity contribution in [1.82, 2.24) is 14.9 Å². The van der Waals surface area contributed by atoms with Crippen molar-refractivity contribution in [1.29, 1.82) is 0 Å². The first-order chi connectivity index (χ1) is 13.0. The quantitative estimate of drug-likeness (QED) is 0.565. The molecule has 0 spiro atoms. The van der Waals surface area contributed by atoms with Gasteiger partial charge in [0.25, 0.3) is 11.6 Å². The molecule has 2 aromatic carbocycles. The number of nitro groups is 1. The first kappa shape index (κ1) is 17.2. The van der Waals surface area contributed by atoms with E-state index in [1.807, 2.05) is 24.0 Å². The van der Waals surface area contributed by atoms with Gasteiger partial charge in [0.15, 0.2) is 0 Å². The molecule has 1 aliphatic heterocycles. The molecule has 0 aliphatic carbocycles. The molecular weight excluding hydrogens is 344 g/mol. The van der Waals surface area contributed by atoms with Gasteiger partial charge in [0.2, 0.25) is 0 Å². The van der Waals surface area contributed by atoms with E-state index in [0.717, 1.165) is 29.7 Å². The number of H-pyrrole nitrogens is 1. The Morgan fingerprint density at radius 3 is 2.78 bits per heavy atom. The zero-order chi connectivity index (χ0) is 19.0. The molecule has 138 valence electrons. The van der Waals surface area contributed by atoms with Crippen LogP contribution >= 0.6 is 0 Å². The van der Waals surface area contributed by atoms with E-state index in [4.69, 9.17) is 4.98 Å². The summed E-state index contributed by atoms with van der Waals surface area (Å²) in [6.07, 6.45) is 1.88. The highest BCUT2D eigenvalue weighted by Crippen LogP contribution is 2.28. The normalized spacial score (nSPS) is 17.2. The van der Waals surface area contributed by atoms with Crippen LogP contribution in [-0.4, -0.2) is 38.8 Å². The molecule has 0 saturated carbocycles. The number of amides is 1. The highest BCUT2D eigenvalue weighted by Gasteiger charge is 2.27. The third kappa shape index (κ3) is 3.40. The third-order valence-corrected chi connectivity index (χ3v) is 5.08. The van der Waals surface area contributed by atoms with Crippen LogP contribution < -0.4 is 0 Å². The van der Waals surface area contributed by atoms with Crippen molar-refractivity contribution in [3.8, 4) is 0 Å². The molecule has 1 fully saturated rings. The number of nitrogens with one attached hydrogen (secondary N) is 1. The van der Waals surface area contributed by atoms with Crippen LogP contribution in [0, 0.1) is 17.0 Å². The van der Waals surface area contributed by atoms with Crippen LogP contribution in [0.15, 0.2) is 42.5 Å². The molecule has 7 nitrogen and oxygen atoms in total. The van der Waals surface area contributed by atoms with E-state index in [0.29, 0.717) is 18.7 Å². The SMILES string of the molecule is Cc1ccc2nc(C3CCCN(C(=O)c4ccc([N+](=O)[O-])cc4)C3)[nH]c2c1. The van der Waals surface area contributed by atoms with Gasteiger partial charge in [-0.05, 0) is 49.6 Å². The number of aromatic amines is 1. The molecular formula is C20H20N4O3. The lowest BCUT2D eigenvalue weighted by atomic mass is 9.96. The van der Waals surface area contributed by atoms with Crippen molar-refractivity contribution in [3.05, 3.63) is 69.5 Å². The molecule has 1 saturated heterocycles. The zero-order valence-corrected chi connectivity index (χ0v) is 15.0. The third-order valence-electron chi connectivity index (χ3n) is 5.08. The molecule has 1 unspecified atom stereocenters. The standard InChI is InChI=1S/C20H20N4O3/c1-13-4-9-17-18(11-13)22-19(21-17)15-3-2-10-23(12-15)20(25)14-5-7-16(8-6-14)24(26)27/h4-9,11,15H,2-3,10,12H2,1H3,(H,21,22). The number of hydrogen-bond donors (Lipinski definition) is 1. The number of non-ortho nitro benzene ring substituents is 1. The monoisotopic (exact) mass is 364 g/mol. The van der Waals surface area contributed by atoms with E-state index in [1.54, 1.807) is 0 Å². The van der Waals surface area contributed by atoms with Crippen molar-refractivity contribution in [2.75, 3.05) is 13.1 Å². The molecule has 27 heavy (non-hydrogen) atoms. The first-order valence-corrected chi connectivity index (χ1v) is 9.01. The number of aromatic nitrogens is 2. The molecule has 1 aromatic heterocycles. The molecule has 0 radical (unpaired) electrons. The number of nitro benzene ring substituents is 1. The fourth-order valence-corrected chi connectivity index (χ4v) is 3.63. The topological polar surface area (TPSA) is 92.1 Å². The number of imidazole rings is 1. The summed E-state index contributed by atoms with van der Waals surface area (Å²) in [4.78, 5) is 33.0. The average Bonchev–Trinajstić information content (AvgIpc) is 3.11. The van der Waals surface area contributed by atoms with Gasteiger partial charge in [-0.1, -0.05) is 6.07 Å². The Morgan fingerprint density at radius 2 is 2.04 bits per heavy atom. The van der Waals surface area contributed by atoms with Crippen molar-refractivity contribution in [3.63, 3.8) is 0 Å². The van der Waals surface area contributed by atoms with E-state index in [9.17, 15) is 14.9 Å². The van der Waals surface area contributed by atoms with E-state index in [1.165, 1.54) is 29.8 Å². The summed E-state index contributed by atoms with van der Waals surface area (Å²) >= 11 is 0. The van der Waals surface area contributed by atoms with Gasteiger partial charge in [-0.2, -0.15) is 0 Å². The lowest BCUT2D eigenvalue weighted by Crippen LogP contribution is -2.39.